The fraction of sp³-hybridized carbons (Fsp3) is 0.500. The number of rotatable bonds is 5. The highest BCUT2D eigenvalue weighted by molar-refractivity contribution is 5.94. The summed E-state index contributed by atoms with van der Waals surface area (Å²) in [6.07, 6.45) is 2.82. The summed E-state index contributed by atoms with van der Waals surface area (Å²) in [6.45, 7) is 6.00. The third-order valence-corrected chi connectivity index (χ3v) is 4.67. The standard InChI is InChI=1S/C18H24N4O2/c1-11(2)14(20-15(23)13-7-5-12(3)6-8-13)16-21-17(22-24-16)18(19)9-4-10-18/h5-8,11,14H,4,9-10,19H2,1-3H3,(H,20,23). The van der Waals surface area contributed by atoms with Crippen molar-refractivity contribution in [1.82, 2.24) is 15.5 Å². The molecule has 1 amide bonds. The Bertz CT molecular complexity index is 717. The molecule has 1 fully saturated rings. The van der Waals surface area contributed by atoms with Crippen LogP contribution in [0.2, 0.25) is 0 Å². The average Bonchev–Trinajstić information content (AvgIpc) is 3.00. The summed E-state index contributed by atoms with van der Waals surface area (Å²) < 4.78 is 5.41. The largest absolute Gasteiger partial charge is 0.340 e. The first-order valence-electron chi connectivity index (χ1n) is 8.39. The number of benzene rings is 1. The van der Waals surface area contributed by atoms with Gasteiger partial charge in [-0.3, -0.25) is 4.79 Å². The van der Waals surface area contributed by atoms with E-state index in [4.69, 9.17) is 10.3 Å². The second-order valence-corrected chi connectivity index (χ2v) is 7.03. The molecule has 0 spiro atoms. The molecule has 1 aliphatic rings. The lowest BCUT2D eigenvalue weighted by Crippen LogP contribution is -2.44. The molecule has 0 aliphatic heterocycles. The molecule has 1 saturated carbocycles. The van der Waals surface area contributed by atoms with Crippen molar-refractivity contribution in [2.45, 2.75) is 51.6 Å². The van der Waals surface area contributed by atoms with Gasteiger partial charge in [-0.2, -0.15) is 4.98 Å². The lowest BCUT2D eigenvalue weighted by atomic mass is 9.77. The molecule has 1 aliphatic carbocycles. The Hall–Kier alpha value is -2.21. The highest BCUT2D eigenvalue weighted by Crippen LogP contribution is 2.37. The van der Waals surface area contributed by atoms with E-state index in [9.17, 15) is 4.79 Å². The predicted octanol–water partition coefficient (Wildman–Crippen LogP) is 2.84. The Labute approximate surface area is 141 Å². The minimum atomic E-state index is -0.468. The van der Waals surface area contributed by atoms with Crippen LogP contribution in [0.3, 0.4) is 0 Å². The van der Waals surface area contributed by atoms with E-state index in [1.54, 1.807) is 0 Å². The lowest BCUT2D eigenvalue weighted by Gasteiger charge is -2.34. The van der Waals surface area contributed by atoms with Crippen LogP contribution in [0.1, 0.15) is 66.8 Å². The zero-order chi connectivity index (χ0) is 17.3. The first kappa shape index (κ1) is 16.6. The molecular formula is C18H24N4O2. The maximum absolute atomic E-state index is 12.5. The number of nitrogens with one attached hydrogen (secondary N) is 1. The van der Waals surface area contributed by atoms with Crippen LogP contribution < -0.4 is 11.1 Å². The third-order valence-electron chi connectivity index (χ3n) is 4.67. The van der Waals surface area contributed by atoms with Crippen molar-refractivity contribution in [1.29, 1.82) is 0 Å². The van der Waals surface area contributed by atoms with Crippen LogP contribution in [0, 0.1) is 12.8 Å². The van der Waals surface area contributed by atoms with Gasteiger partial charge < -0.3 is 15.6 Å². The number of nitrogens with zero attached hydrogens (tertiary/aromatic N) is 2. The van der Waals surface area contributed by atoms with E-state index in [0.717, 1.165) is 24.8 Å². The van der Waals surface area contributed by atoms with E-state index in [1.165, 1.54) is 0 Å². The van der Waals surface area contributed by atoms with Crippen molar-refractivity contribution in [2.24, 2.45) is 11.7 Å². The summed E-state index contributed by atoms with van der Waals surface area (Å²) in [7, 11) is 0. The molecule has 2 aromatic rings. The quantitative estimate of drug-likeness (QED) is 0.880. The molecule has 1 unspecified atom stereocenters. The topological polar surface area (TPSA) is 94.0 Å². The van der Waals surface area contributed by atoms with Crippen molar-refractivity contribution in [2.75, 3.05) is 0 Å². The van der Waals surface area contributed by atoms with Crippen LogP contribution in [0.15, 0.2) is 28.8 Å². The number of amides is 1. The highest BCUT2D eigenvalue weighted by Gasteiger charge is 2.39. The van der Waals surface area contributed by atoms with Crippen LogP contribution in [0.5, 0.6) is 0 Å². The molecule has 1 aromatic heterocycles. The number of nitrogens with two attached hydrogens (primary N) is 1. The Balaban J connectivity index is 1.77. The first-order chi connectivity index (χ1) is 11.4. The van der Waals surface area contributed by atoms with Crippen molar-refractivity contribution < 1.29 is 9.32 Å². The van der Waals surface area contributed by atoms with Gasteiger partial charge in [-0.1, -0.05) is 36.7 Å². The van der Waals surface area contributed by atoms with Crippen LogP contribution in [-0.2, 0) is 5.54 Å². The second-order valence-electron chi connectivity index (χ2n) is 7.03. The molecule has 128 valence electrons. The molecule has 1 atom stereocenters. The van der Waals surface area contributed by atoms with E-state index < -0.39 is 5.54 Å². The smallest absolute Gasteiger partial charge is 0.251 e. The van der Waals surface area contributed by atoms with Gasteiger partial charge in [0, 0.05) is 5.56 Å². The molecule has 6 nitrogen and oxygen atoms in total. The summed E-state index contributed by atoms with van der Waals surface area (Å²) in [4.78, 5) is 17.0. The Kier molecular flexibility index (Phi) is 4.41. The number of aromatic nitrogens is 2. The van der Waals surface area contributed by atoms with Crippen LogP contribution in [0.4, 0.5) is 0 Å². The Morgan fingerprint density at radius 2 is 1.96 bits per heavy atom. The maximum Gasteiger partial charge on any atom is 0.251 e. The molecule has 1 aromatic carbocycles. The number of hydrogen-bond donors (Lipinski definition) is 2. The fourth-order valence-electron chi connectivity index (χ4n) is 2.79. The van der Waals surface area contributed by atoms with Gasteiger partial charge in [0.25, 0.3) is 5.91 Å². The van der Waals surface area contributed by atoms with Gasteiger partial charge in [0.15, 0.2) is 5.82 Å². The zero-order valence-electron chi connectivity index (χ0n) is 14.4. The van der Waals surface area contributed by atoms with E-state index in [-0.39, 0.29) is 17.9 Å². The molecule has 3 N–H and O–H groups in total. The van der Waals surface area contributed by atoms with Crippen molar-refractivity contribution in [3.8, 4) is 0 Å². The molecule has 0 radical (unpaired) electrons. The van der Waals surface area contributed by atoms with Gasteiger partial charge in [-0.05, 0) is 44.2 Å². The van der Waals surface area contributed by atoms with E-state index in [1.807, 2.05) is 45.0 Å². The van der Waals surface area contributed by atoms with Crippen molar-refractivity contribution in [3.63, 3.8) is 0 Å². The number of carbonyl (C=O) groups excluding carboxylic acids is 1. The van der Waals surface area contributed by atoms with Gasteiger partial charge in [0.2, 0.25) is 5.89 Å². The third kappa shape index (κ3) is 3.19. The Morgan fingerprint density at radius 1 is 1.29 bits per heavy atom. The van der Waals surface area contributed by atoms with Gasteiger partial charge in [0.1, 0.15) is 6.04 Å². The molecule has 1 heterocycles. The molecule has 0 saturated heterocycles. The molecular weight excluding hydrogens is 304 g/mol. The summed E-state index contributed by atoms with van der Waals surface area (Å²) in [6, 6.07) is 7.11. The SMILES string of the molecule is Cc1ccc(C(=O)NC(c2nc(C3(N)CCC3)no2)C(C)C)cc1. The maximum atomic E-state index is 12.5. The van der Waals surface area contributed by atoms with E-state index >= 15 is 0 Å². The van der Waals surface area contributed by atoms with Crippen molar-refractivity contribution in [3.05, 3.63) is 47.1 Å². The summed E-state index contributed by atoms with van der Waals surface area (Å²) >= 11 is 0. The minimum Gasteiger partial charge on any atom is -0.340 e. The number of aryl methyl sites for hydroxylation is 1. The van der Waals surface area contributed by atoms with Gasteiger partial charge in [0.05, 0.1) is 5.54 Å². The summed E-state index contributed by atoms with van der Waals surface area (Å²) in [5, 5.41) is 7.04. The van der Waals surface area contributed by atoms with Crippen LogP contribution in [0.25, 0.3) is 0 Å². The summed E-state index contributed by atoms with van der Waals surface area (Å²) in [5.41, 5.74) is 7.50. The monoisotopic (exact) mass is 328 g/mol. The highest BCUT2D eigenvalue weighted by atomic mass is 16.5. The number of carbonyl (C=O) groups is 1. The predicted molar refractivity (Wildman–Crippen MR) is 90.2 cm³/mol. The molecule has 24 heavy (non-hydrogen) atoms. The van der Waals surface area contributed by atoms with Gasteiger partial charge in [-0.15, -0.1) is 0 Å². The van der Waals surface area contributed by atoms with E-state index in [0.29, 0.717) is 17.3 Å². The number of hydrogen-bond acceptors (Lipinski definition) is 5. The fourth-order valence-corrected chi connectivity index (χ4v) is 2.79. The average molecular weight is 328 g/mol. The van der Waals surface area contributed by atoms with Crippen LogP contribution in [-0.4, -0.2) is 16.0 Å². The van der Waals surface area contributed by atoms with E-state index in [2.05, 4.69) is 15.5 Å². The normalized spacial score (nSPS) is 17.4. The second kappa shape index (κ2) is 6.36. The van der Waals surface area contributed by atoms with Crippen LogP contribution >= 0.6 is 0 Å². The molecule has 6 heteroatoms. The van der Waals surface area contributed by atoms with Gasteiger partial charge >= 0.3 is 0 Å². The van der Waals surface area contributed by atoms with Crippen molar-refractivity contribution >= 4 is 5.91 Å². The Morgan fingerprint density at radius 3 is 2.50 bits per heavy atom. The summed E-state index contributed by atoms with van der Waals surface area (Å²) in [5.74, 6) is 0.915. The minimum absolute atomic E-state index is 0.114. The molecule has 0 bridgehead atoms. The molecule has 3 rings (SSSR count). The van der Waals surface area contributed by atoms with Gasteiger partial charge in [-0.25, -0.2) is 0 Å². The lowest BCUT2D eigenvalue weighted by molar-refractivity contribution is 0.0914. The zero-order valence-corrected chi connectivity index (χ0v) is 14.4. The first-order valence-corrected chi connectivity index (χ1v) is 8.39.